The van der Waals surface area contributed by atoms with Crippen LogP contribution in [-0.2, 0) is 9.47 Å². The lowest BCUT2D eigenvalue weighted by atomic mass is 10.3. The summed E-state index contributed by atoms with van der Waals surface area (Å²) in [5.74, 6) is 0. The molecular formula is C12H22O2. The lowest BCUT2D eigenvalue weighted by Crippen LogP contribution is -2.17. The zero-order valence-corrected chi connectivity index (χ0v) is 9.37. The Morgan fingerprint density at radius 1 is 1.14 bits per heavy atom. The first-order valence-electron chi connectivity index (χ1n) is 5.35. The van der Waals surface area contributed by atoms with E-state index in [1.54, 1.807) is 6.08 Å². The first kappa shape index (κ1) is 13.4. The minimum atomic E-state index is -0.0916. The van der Waals surface area contributed by atoms with Gasteiger partial charge in [0.1, 0.15) is 0 Å². The van der Waals surface area contributed by atoms with Crippen molar-refractivity contribution in [3.8, 4) is 0 Å². The predicted octanol–water partition coefficient (Wildman–Crippen LogP) is 3.30. The van der Waals surface area contributed by atoms with Crippen molar-refractivity contribution in [3.63, 3.8) is 0 Å². The van der Waals surface area contributed by atoms with Gasteiger partial charge in [-0.05, 0) is 12.8 Å². The van der Waals surface area contributed by atoms with Crippen LogP contribution in [0.1, 0.15) is 33.1 Å². The second-order valence-electron chi connectivity index (χ2n) is 3.07. The molecular weight excluding hydrogens is 176 g/mol. The SMILES string of the molecule is C=C/C=C/CC(OCCC)OCCC. The molecule has 0 heterocycles. The van der Waals surface area contributed by atoms with Gasteiger partial charge in [-0.25, -0.2) is 0 Å². The van der Waals surface area contributed by atoms with Gasteiger partial charge in [-0.3, -0.25) is 0 Å². The third kappa shape index (κ3) is 8.02. The van der Waals surface area contributed by atoms with Crippen LogP contribution in [0.4, 0.5) is 0 Å². The molecule has 0 aromatic heterocycles. The summed E-state index contributed by atoms with van der Waals surface area (Å²) in [4.78, 5) is 0. The molecule has 0 amide bonds. The van der Waals surface area contributed by atoms with Crippen LogP contribution in [0, 0.1) is 0 Å². The van der Waals surface area contributed by atoms with Gasteiger partial charge in [0.15, 0.2) is 6.29 Å². The summed E-state index contributed by atoms with van der Waals surface area (Å²) >= 11 is 0. The third-order valence-electron chi connectivity index (χ3n) is 1.62. The highest BCUT2D eigenvalue weighted by Gasteiger charge is 2.05. The molecule has 0 aromatic carbocycles. The Morgan fingerprint density at radius 3 is 2.14 bits per heavy atom. The fraction of sp³-hybridized carbons (Fsp3) is 0.667. The van der Waals surface area contributed by atoms with Crippen molar-refractivity contribution in [1.82, 2.24) is 0 Å². The van der Waals surface area contributed by atoms with E-state index in [4.69, 9.17) is 9.47 Å². The van der Waals surface area contributed by atoms with Crippen LogP contribution in [0.3, 0.4) is 0 Å². The molecule has 0 saturated heterocycles. The minimum Gasteiger partial charge on any atom is -0.352 e. The van der Waals surface area contributed by atoms with Crippen molar-refractivity contribution in [1.29, 1.82) is 0 Å². The molecule has 0 aliphatic heterocycles. The molecule has 0 unspecified atom stereocenters. The van der Waals surface area contributed by atoms with Gasteiger partial charge in [0.2, 0.25) is 0 Å². The quantitative estimate of drug-likeness (QED) is 0.418. The van der Waals surface area contributed by atoms with Crippen LogP contribution in [0.2, 0.25) is 0 Å². The molecule has 2 heteroatoms. The highest BCUT2D eigenvalue weighted by molar-refractivity contribution is 4.97. The van der Waals surface area contributed by atoms with Gasteiger partial charge in [0.05, 0.1) is 0 Å². The van der Waals surface area contributed by atoms with E-state index >= 15 is 0 Å². The summed E-state index contributed by atoms with van der Waals surface area (Å²) in [6.07, 6.45) is 8.45. The van der Waals surface area contributed by atoms with Crippen molar-refractivity contribution < 1.29 is 9.47 Å². The number of rotatable bonds is 9. The number of hydrogen-bond acceptors (Lipinski definition) is 2. The Kier molecular flexibility index (Phi) is 10.0. The molecule has 82 valence electrons. The summed E-state index contributed by atoms with van der Waals surface area (Å²) in [7, 11) is 0. The van der Waals surface area contributed by atoms with E-state index in [-0.39, 0.29) is 6.29 Å². The summed E-state index contributed by atoms with van der Waals surface area (Å²) in [5, 5.41) is 0. The molecule has 14 heavy (non-hydrogen) atoms. The molecule has 0 aliphatic carbocycles. The van der Waals surface area contributed by atoms with Crippen LogP contribution in [-0.4, -0.2) is 19.5 Å². The molecule has 0 bridgehead atoms. The van der Waals surface area contributed by atoms with E-state index in [0.29, 0.717) is 0 Å². The van der Waals surface area contributed by atoms with E-state index in [1.807, 2.05) is 12.2 Å². The first-order valence-corrected chi connectivity index (χ1v) is 5.35. The van der Waals surface area contributed by atoms with Gasteiger partial charge in [-0.2, -0.15) is 0 Å². The van der Waals surface area contributed by atoms with Crippen molar-refractivity contribution in [2.75, 3.05) is 13.2 Å². The number of allylic oxidation sites excluding steroid dienone is 2. The lowest BCUT2D eigenvalue weighted by molar-refractivity contribution is -0.139. The number of ether oxygens (including phenoxy) is 2. The van der Waals surface area contributed by atoms with Crippen molar-refractivity contribution in [3.05, 3.63) is 24.8 Å². The monoisotopic (exact) mass is 198 g/mol. The van der Waals surface area contributed by atoms with E-state index in [1.165, 1.54) is 0 Å². The van der Waals surface area contributed by atoms with Gasteiger partial charge in [0, 0.05) is 19.6 Å². The Balaban J connectivity index is 3.70. The maximum atomic E-state index is 5.53. The molecule has 2 nitrogen and oxygen atoms in total. The highest BCUT2D eigenvalue weighted by atomic mass is 16.7. The highest BCUT2D eigenvalue weighted by Crippen LogP contribution is 2.04. The van der Waals surface area contributed by atoms with Gasteiger partial charge in [0.25, 0.3) is 0 Å². The lowest BCUT2D eigenvalue weighted by Gasteiger charge is -2.16. The Labute approximate surface area is 87.6 Å². The van der Waals surface area contributed by atoms with E-state index in [0.717, 1.165) is 32.5 Å². The van der Waals surface area contributed by atoms with Gasteiger partial charge < -0.3 is 9.47 Å². The van der Waals surface area contributed by atoms with Gasteiger partial charge >= 0.3 is 0 Å². The fourth-order valence-electron chi connectivity index (χ4n) is 0.969. The Hall–Kier alpha value is -0.600. The average Bonchev–Trinajstić information content (AvgIpc) is 2.21. The summed E-state index contributed by atoms with van der Waals surface area (Å²) in [6, 6.07) is 0. The third-order valence-corrected chi connectivity index (χ3v) is 1.62. The predicted molar refractivity (Wildman–Crippen MR) is 60.2 cm³/mol. The van der Waals surface area contributed by atoms with Crippen molar-refractivity contribution in [2.24, 2.45) is 0 Å². The second-order valence-corrected chi connectivity index (χ2v) is 3.07. The molecule has 0 aromatic rings. The maximum absolute atomic E-state index is 5.53. The first-order chi connectivity index (χ1) is 6.85. The minimum absolute atomic E-state index is 0.0916. The Morgan fingerprint density at radius 2 is 1.71 bits per heavy atom. The molecule has 0 fully saturated rings. The molecule has 0 radical (unpaired) electrons. The molecule has 0 rings (SSSR count). The van der Waals surface area contributed by atoms with Crippen LogP contribution in [0.15, 0.2) is 24.8 Å². The van der Waals surface area contributed by atoms with Gasteiger partial charge in [-0.1, -0.05) is 38.7 Å². The smallest absolute Gasteiger partial charge is 0.160 e. The fourth-order valence-corrected chi connectivity index (χ4v) is 0.969. The molecule has 0 atom stereocenters. The zero-order valence-electron chi connectivity index (χ0n) is 9.37. The Bertz CT molecular complexity index is 144. The van der Waals surface area contributed by atoms with E-state index in [2.05, 4.69) is 20.4 Å². The van der Waals surface area contributed by atoms with Crippen LogP contribution in [0.5, 0.6) is 0 Å². The van der Waals surface area contributed by atoms with E-state index < -0.39 is 0 Å². The summed E-state index contributed by atoms with van der Waals surface area (Å²) < 4.78 is 11.1. The summed E-state index contributed by atoms with van der Waals surface area (Å²) in [5.41, 5.74) is 0. The van der Waals surface area contributed by atoms with Crippen molar-refractivity contribution in [2.45, 2.75) is 39.4 Å². The van der Waals surface area contributed by atoms with Crippen LogP contribution in [0.25, 0.3) is 0 Å². The average molecular weight is 198 g/mol. The van der Waals surface area contributed by atoms with E-state index in [9.17, 15) is 0 Å². The second kappa shape index (κ2) is 10.5. The summed E-state index contributed by atoms with van der Waals surface area (Å²) in [6.45, 7) is 9.32. The molecule has 0 spiro atoms. The van der Waals surface area contributed by atoms with Gasteiger partial charge in [-0.15, -0.1) is 0 Å². The number of hydrogen-bond donors (Lipinski definition) is 0. The van der Waals surface area contributed by atoms with Crippen molar-refractivity contribution >= 4 is 0 Å². The standard InChI is InChI=1S/C12H22O2/c1-4-7-8-9-12(13-10-5-2)14-11-6-3/h4,7-8,12H,1,5-6,9-11H2,2-3H3/b8-7+. The maximum Gasteiger partial charge on any atom is 0.160 e. The molecule has 0 N–H and O–H groups in total. The topological polar surface area (TPSA) is 18.5 Å². The van der Waals surface area contributed by atoms with Crippen LogP contribution < -0.4 is 0 Å². The normalized spacial score (nSPS) is 11.4. The largest absolute Gasteiger partial charge is 0.352 e. The molecule has 0 aliphatic rings. The van der Waals surface area contributed by atoms with Crippen LogP contribution >= 0.6 is 0 Å². The zero-order chi connectivity index (χ0) is 10.6. The molecule has 0 saturated carbocycles.